The minimum atomic E-state index is 0.884. The first-order valence-corrected chi connectivity index (χ1v) is 18.4. The van der Waals surface area contributed by atoms with Crippen molar-refractivity contribution in [3.63, 3.8) is 0 Å². The molecule has 0 aliphatic carbocycles. The summed E-state index contributed by atoms with van der Waals surface area (Å²) in [5.74, 6) is 0.884. The first-order valence-electron chi connectivity index (χ1n) is 18.4. The van der Waals surface area contributed by atoms with E-state index in [1.165, 1.54) is 32.7 Å². The molecule has 0 unspecified atom stereocenters. The van der Waals surface area contributed by atoms with Crippen molar-refractivity contribution in [1.29, 1.82) is 0 Å². The Hall–Kier alpha value is -7.16. The van der Waals surface area contributed by atoms with Gasteiger partial charge in [0, 0.05) is 33.3 Å². The standard InChI is InChI=1S/C52H35NO/c1-2-15-39(16-3-1)51-48-24-8-9-26-50(48)54-52(51)44-21-10-19-41(34-44)37-29-31-45(32-30-37)53(49-25-12-18-38-14-6-7-23-47(38)49)46-22-11-20-42(35-46)43-28-27-36-13-4-5-17-40(36)33-43/h1-35H. The van der Waals surface area contributed by atoms with E-state index in [-0.39, 0.29) is 0 Å². The Bertz CT molecular complexity index is 2930. The van der Waals surface area contributed by atoms with Gasteiger partial charge in [0.1, 0.15) is 11.3 Å². The van der Waals surface area contributed by atoms with Crippen LogP contribution in [-0.2, 0) is 0 Å². The van der Waals surface area contributed by atoms with Gasteiger partial charge in [-0.1, -0.05) is 164 Å². The van der Waals surface area contributed by atoms with Crippen LogP contribution >= 0.6 is 0 Å². The molecular weight excluding hydrogens is 655 g/mol. The van der Waals surface area contributed by atoms with Gasteiger partial charge < -0.3 is 9.32 Å². The number of rotatable bonds is 7. The molecule has 10 aromatic rings. The van der Waals surface area contributed by atoms with Crippen molar-refractivity contribution in [2.45, 2.75) is 0 Å². The van der Waals surface area contributed by atoms with Crippen molar-refractivity contribution >= 4 is 49.6 Å². The Morgan fingerprint density at radius 3 is 1.76 bits per heavy atom. The van der Waals surface area contributed by atoms with Crippen LogP contribution in [0.15, 0.2) is 217 Å². The number of hydrogen-bond donors (Lipinski definition) is 0. The summed E-state index contributed by atoms with van der Waals surface area (Å²) in [7, 11) is 0. The first kappa shape index (κ1) is 31.6. The zero-order chi connectivity index (χ0) is 35.8. The lowest BCUT2D eigenvalue weighted by molar-refractivity contribution is 0.632. The monoisotopic (exact) mass is 689 g/mol. The molecule has 0 radical (unpaired) electrons. The summed E-state index contributed by atoms with van der Waals surface area (Å²) in [5.41, 5.74) is 12.2. The Labute approximate surface area is 314 Å². The van der Waals surface area contributed by atoms with Crippen LogP contribution in [0.25, 0.3) is 77.2 Å². The van der Waals surface area contributed by atoms with Crippen molar-refractivity contribution in [2.75, 3.05) is 4.90 Å². The maximum Gasteiger partial charge on any atom is 0.143 e. The maximum atomic E-state index is 6.57. The van der Waals surface area contributed by atoms with Crippen LogP contribution in [0.4, 0.5) is 17.1 Å². The highest BCUT2D eigenvalue weighted by Gasteiger charge is 2.19. The van der Waals surface area contributed by atoms with E-state index in [4.69, 9.17) is 4.42 Å². The van der Waals surface area contributed by atoms with Crippen LogP contribution in [0.5, 0.6) is 0 Å². The van der Waals surface area contributed by atoms with Gasteiger partial charge in [-0.15, -0.1) is 0 Å². The molecule has 254 valence electrons. The summed E-state index contributed by atoms with van der Waals surface area (Å²) in [4.78, 5) is 2.38. The van der Waals surface area contributed by atoms with Gasteiger partial charge in [-0.25, -0.2) is 0 Å². The molecule has 1 heterocycles. The van der Waals surface area contributed by atoms with Crippen molar-refractivity contribution in [1.82, 2.24) is 0 Å². The highest BCUT2D eigenvalue weighted by atomic mass is 16.3. The van der Waals surface area contributed by atoms with Gasteiger partial charge in [-0.3, -0.25) is 0 Å². The largest absolute Gasteiger partial charge is 0.455 e. The number of nitrogens with zero attached hydrogens (tertiary/aromatic N) is 1. The average Bonchev–Trinajstić information content (AvgIpc) is 3.64. The molecule has 0 saturated heterocycles. The van der Waals surface area contributed by atoms with Gasteiger partial charge in [0.25, 0.3) is 0 Å². The van der Waals surface area contributed by atoms with Crippen LogP contribution in [0, 0.1) is 0 Å². The average molecular weight is 690 g/mol. The van der Waals surface area contributed by atoms with Crippen molar-refractivity contribution in [3.8, 4) is 44.7 Å². The summed E-state index contributed by atoms with van der Waals surface area (Å²) in [5, 5.41) is 6.01. The summed E-state index contributed by atoms with van der Waals surface area (Å²) in [6.07, 6.45) is 0. The van der Waals surface area contributed by atoms with Crippen LogP contribution in [0.1, 0.15) is 0 Å². The molecule has 0 aliphatic heterocycles. The van der Waals surface area contributed by atoms with Gasteiger partial charge in [-0.05, 0) is 92.5 Å². The molecule has 0 aliphatic rings. The van der Waals surface area contributed by atoms with E-state index in [9.17, 15) is 0 Å². The second-order valence-electron chi connectivity index (χ2n) is 13.7. The molecule has 54 heavy (non-hydrogen) atoms. The van der Waals surface area contributed by atoms with E-state index in [1.54, 1.807) is 0 Å². The molecule has 2 heteroatoms. The fraction of sp³-hybridized carbons (Fsp3) is 0. The van der Waals surface area contributed by atoms with Crippen LogP contribution in [-0.4, -0.2) is 0 Å². The van der Waals surface area contributed by atoms with Crippen molar-refractivity contribution in [2.24, 2.45) is 0 Å². The quantitative estimate of drug-likeness (QED) is 0.166. The predicted molar refractivity (Wildman–Crippen MR) is 228 cm³/mol. The Morgan fingerprint density at radius 2 is 0.907 bits per heavy atom. The third-order valence-corrected chi connectivity index (χ3v) is 10.4. The van der Waals surface area contributed by atoms with Crippen LogP contribution in [0.3, 0.4) is 0 Å². The molecule has 2 nitrogen and oxygen atoms in total. The number of furan rings is 1. The fourth-order valence-electron chi connectivity index (χ4n) is 7.81. The molecule has 0 bridgehead atoms. The summed E-state index contributed by atoms with van der Waals surface area (Å²) in [6.45, 7) is 0. The molecule has 0 amide bonds. The third-order valence-electron chi connectivity index (χ3n) is 10.4. The Morgan fingerprint density at radius 1 is 0.315 bits per heavy atom. The normalized spacial score (nSPS) is 11.3. The van der Waals surface area contributed by atoms with Gasteiger partial charge in [0.2, 0.25) is 0 Å². The summed E-state index contributed by atoms with van der Waals surface area (Å²) in [6, 6.07) is 75.8. The highest BCUT2D eigenvalue weighted by molar-refractivity contribution is 6.02. The molecule has 0 atom stereocenters. The highest BCUT2D eigenvalue weighted by Crippen LogP contribution is 2.43. The summed E-state index contributed by atoms with van der Waals surface area (Å²) < 4.78 is 6.57. The van der Waals surface area contributed by atoms with E-state index >= 15 is 0 Å². The van der Waals surface area contributed by atoms with E-state index in [0.717, 1.165) is 61.6 Å². The lowest BCUT2D eigenvalue weighted by Crippen LogP contribution is -2.10. The lowest BCUT2D eigenvalue weighted by atomic mass is 9.96. The topological polar surface area (TPSA) is 16.4 Å². The van der Waals surface area contributed by atoms with Gasteiger partial charge in [0.15, 0.2) is 0 Å². The van der Waals surface area contributed by atoms with E-state index in [0.29, 0.717) is 0 Å². The lowest BCUT2D eigenvalue weighted by Gasteiger charge is -2.27. The smallest absolute Gasteiger partial charge is 0.143 e. The number of anilines is 3. The van der Waals surface area contributed by atoms with E-state index < -0.39 is 0 Å². The van der Waals surface area contributed by atoms with Crippen molar-refractivity contribution < 1.29 is 4.42 Å². The second kappa shape index (κ2) is 13.4. The molecule has 0 spiro atoms. The molecule has 1 aromatic heterocycles. The molecular formula is C52H35NO. The molecule has 10 rings (SSSR count). The Balaban J connectivity index is 1.06. The fourth-order valence-corrected chi connectivity index (χ4v) is 7.81. The number of hydrogen-bond acceptors (Lipinski definition) is 2. The van der Waals surface area contributed by atoms with Crippen LogP contribution < -0.4 is 4.90 Å². The van der Waals surface area contributed by atoms with Gasteiger partial charge in [-0.2, -0.15) is 0 Å². The molecule has 9 aromatic carbocycles. The molecule has 0 N–H and O–H groups in total. The van der Waals surface area contributed by atoms with Gasteiger partial charge >= 0.3 is 0 Å². The zero-order valence-electron chi connectivity index (χ0n) is 29.6. The predicted octanol–water partition coefficient (Wildman–Crippen LogP) is 14.9. The zero-order valence-corrected chi connectivity index (χ0v) is 29.6. The third kappa shape index (κ3) is 5.71. The van der Waals surface area contributed by atoms with Crippen LogP contribution in [0.2, 0.25) is 0 Å². The molecule has 0 fully saturated rings. The van der Waals surface area contributed by atoms with E-state index in [1.807, 2.05) is 12.1 Å². The number of benzene rings is 9. The van der Waals surface area contributed by atoms with Gasteiger partial charge in [0.05, 0.1) is 5.69 Å². The molecule has 0 saturated carbocycles. The number of fused-ring (bicyclic) bond motifs is 3. The van der Waals surface area contributed by atoms with E-state index in [2.05, 4.69) is 205 Å². The summed E-state index contributed by atoms with van der Waals surface area (Å²) >= 11 is 0. The van der Waals surface area contributed by atoms with Crippen molar-refractivity contribution in [3.05, 3.63) is 212 Å². The SMILES string of the molecule is c1ccc(-c2c(-c3cccc(-c4ccc(N(c5cccc(-c6ccc7ccccc7c6)c5)c5cccc6ccccc56)cc4)c3)oc3ccccc23)cc1. The minimum absolute atomic E-state index is 0.884. The Kier molecular flexibility index (Phi) is 7.85. The second-order valence-corrected chi connectivity index (χ2v) is 13.7. The maximum absolute atomic E-state index is 6.57. The first-order chi connectivity index (χ1) is 26.8. The minimum Gasteiger partial charge on any atom is -0.455 e. The number of para-hydroxylation sites is 1.